The highest BCUT2D eigenvalue weighted by Gasteiger charge is 2.24. The van der Waals surface area contributed by atoms with Gasteiger partial charge in [-0.1, -0.05) is 12.5 Å². The van der Waals surface area contributed by atoms with Gasteiger partial charge in [-0.2, -0.15) is 5.10 Å². The Labute approximate surface area is 169 Å². The number of hydrogen-bond donors (Lipinski definition) is 1. The molecule has 1 atom stereocenters. The molecule has 1 aliphatic heterocycles. The van der Waals surface area contributed by atoms with Crippen LogP contribution >= 0.6 is 0 Å². The van der Waals surface area contributed by atoms with Crippen molar-refractivity contribution in [3.63, 3.8) is 0 Å². The number of likely N-dealkylation sites (tertiary alicyclic amines) is 1. The molecule has 1 aliphatic rings. The number of fused-ring (bicyclic) bond motifs is 1. The number of carbonyl (C=O) groups excluding carboxylic acids is 1. The average Bonchev–Trinajstić information content (AvgIpc) is 3.08. The van der Waals surface area contributed by atoms with E-state index >= 15 is 0 Å². The molecule has 0 aromatic carbocycles. The zero-order valence-corrected chi connectivity index (χ0v) is 16.6. The highest BCUT2D eigenvalue weighted by molar-refractivity contribution is 5.94. The Kier molecular flexibility index (Phi) is 5.71. The second kappa shape index (κ2) is 8.57. The van der Waals surface area contributed by atoms with Crippen molar-refractivity contribution in [1.29, 1.82) is 0 Å². The first-order valence-corrected chi connectivity index (χ1v) is 10.1. The number of amides is 1. The third-order valence-electron chi connectivity index (χ3n) is 5.55. The molecule has 4 heterocycles. The van der Waals surface area contributed by atoms with Crippen molar-refractivity contribution in [2.75, 3.05) is 19.6 Å². The fraction of sp³-hybridized carbons (Fsp3) is 0.429. The van der Waals surface area contributed by atoms with Crippen LogP contribution in [0.3, 0.4) is 0 Å². The van der Waals surface area contributed by atoms with Gasteiger partial charge in [-0.25, -0.2) is 9.67 Å². The normalized spacial score (nSPS) is 17.5. The lowest BCUT2D eigenvalue weighted by Gasteiger charge is -2.35. The van der Waals surface area contributed by atoms with E-state index in [0.717, 1.165) is 43.7 Å². The first-order valence-electron chi connectivity index (χ1n) is 10.1. The van der Waals surface area contributed by atoms with E-state index in [2.05, 4.69) is 20.3 Å². The summed E-state index contributed by atoms with van der Waals surface area (Å²) in [4.78, 5) is 31.6. The van der Waals surface area contributed by atoms with E-state index in [1.54, 1.807) is 12.3 Å². The highest BCUT2D eigenvalue weighted by Crippen LogP contribution is 2.17. The van der Waals surface area contributed by atoms with E-state index in [1.165, 1.54) is 10.7 Å². The van der Waals surface area contributed by atoms with E-state index in [4.69, 9.17) is 0 Å². The lowest BCUT2D eigenvalue weighted by molar-refractivity contribution is 0.0903. The van der Waals surface area contributed by atoms with Crippen LogP contribution in [0.1, 0.15) is 35.4 Å². The van der Waals surface area contributed by atoms with Gasteiger partial charge >= 0.3 is 0 Å². The largest absolute Gasteiger partial charge is 0.349 e. The van der Waals surface area contributed by atoms with Crippen LogP contribution in [0, 0.1) is 6.92 Å². The van der Waals surface area contributed by atoms with Crippen molar-refractivity contribution in [2.24, 2.45) is 0 Å². The van der Waals surface area contributed by atoms with Crippen molar-refractivity contribution in [3.8, 4) is 0 Å². The maximum atomic E-state index is 12.9. The van der Waals surface area contributed by atoms with E-state index in [0.29, 0.717) is 18.8 Å². The molecular weight excluding hydrogens is 368 g/mol. The van der Waals surface area contributed by atoms with E-state index in [9.17, 15) is 9.59 Å². The lowest BCUT2D eigenvalue weighted by atomic mass is 10.0. The van der Waals surface area contributed by atoms with Gasteiger partial charge in [-0.3, -0.25) is 18.9 Å². The Bertz CT molecular complexity index is 1060. The van der Waals surface area contributed by atoms with Crippen LogP contribution in [0.5, 0.6) is 0 Å². The molecular formula is C21H26N6O2. The number of imidazole rings is 1. The average molecular weight is 394 g/mol. The molecule has 0 saturated carbocycles. The van der Waals surface area contributed by atoms with Gasteiger partial charge in [0.2, 0.25) is 0 Å². The lowest BCUT2D eigenvalue weighted by Crippen LogP contribution is -2.48. The summed E-state index contributed by atoms with van der Waals surface area (Å²) in [5.41, 5.74) is 2.00. The molecule has 152 valence electrons. The summed E-state index contributed by atoms with van der Waals surface area (Å²) in [7, 11) is 0. The zero-order valence-electron chi connectivity index (χ0n) is 16.6. The molecule has 0 spiro atoms. The quantitative estimate of drug-likeness (QED) is 0.685. The van der Waals surface area contributed by atoms with Crippen molar-refractivity contribution in [3.05, 3.63) is 64.5 Å². The Morgan fingerprint density at radius 2 is 2.10 bits per heavy atom. The van der Waals surface area contributed by atoms with Gasteiger partial charge in [0.15, 0.2) is 0 Å². The summed E-state index contributed by atoms with van der Waals surface area (Å²) < 4.78 is 3.32. The molecule has 0 bridgehead atoms. The summed E-state index contributed by atoms with van der Waals surface area (Å²) in [5.74, 6) is -0.104. The predicted octanol–water partition coefficient (Wildman–Crippen LogP) is 1.48. The number of hydrogen-bond acceptors (Lipinski definition) is 5. The number of pyridine rings is 1. The van der Waals surface area contributed by atoms with Crippen LogP contribution in [-0.4, -0.2) is 55.6 Å². The van der Waals surface area contributed by atoms with Crippen LogP contribution in [-0.2, 0) is 6.54 Å². The van der Waals surface area contributed by atoms with Crippen molar-refractivity contribution < 1.29 is 4.79 Å². The molecule has 4 rings (SSSR count). The summed E-state index contributed by atoms with van der Waals surface area (Å²) in [6.45, 7) is 4.70. The summed E-state index contributed by atoms with van der Waals surface area (Å²) in [6, 6.07) is 9.14. The molecule has 0 aliphatic carbocycles. The fourth-order valence-electron chi connectivity index (χ4n) is 4.05. The molecule has 1 saturated heterocycles. The van der Waals surface area contributed by atoms with Gasteiger partial charge in [0.05, 0.1) is 12.2 Å². The Hall–Kier alpha value is -3.00. The Morgan fingerprint density at radius 1 is 1.21 bits per heavy atom. The van der Waals surface area contributed by atoms with Crippen LogP contribution in [0.25, 0.3) is 5.65 Å². The summed E-state index contributed by atoms with van der Waals surface area (Å²) in [5, 5.41) is 7.23. The number of piperidine rings is 1. The first-order chi connectivity index (χ1) is 14.1. The fourth-order valence-corrected chi connectivity index (χ4v) is 4.05. The minimum Gasteiger partial charge on any atom is -0.349 e. The summed E-state index contributed by atoms with van der Waals surface area (Å²) >= 11 is 0. The maximum Gasteiger partial charge on any atom is 0.270 e. The SMILES string of the molecule is Cc1nc2ccccn2c1C(=O)NCC1CCCCN1CCn1ncccc1=O. The molecule has 1 unspecified atom stereocenters. The van der Waals surface area contributed by atoms with Crippen molar-refractivity contribution in [2.45, 2.75) is 38.8 Å². The highest BCUT2D eigenvalue weighted by atomic mass is 16.2. The maximum absolute atomic E-state index is 12.9. The molecule has 8 heteroatoms. The standard InChI is InChI=1S/C21H26N6O2/c1-16-20(26-12-5-3-8-18(26)24-16)21(29)22-15-17-7-2-4-11-25(17)13-14-27-19(28)9-6-10-23-27/h3,5-6,8-10,12,17H,2,4,7,11,13-15H2,1H3,(H,22,29). The predicted molar refractivity (Wildman–Crippen MR) is 110 cm³/mol. The smallest absolute Gasteiger partial charge is 0.270 e. The van der Waals surface area contributed by atoms with Crippen molar-refractivity contribution >= 4 is 11.6 Å². The zero-order chi connectivity index (χ0) is 20.2. The van der Waals surface area contributed by atoms with Crippen LogP contribution < -0.4 is 10.9 Å². The van der Waals surface area contributed by atoms with Crippen LogP contribution in [0.4, 0.5) is 0 Å². The number of carbonyl (C=O) groups is 1. The van der Waals surface area contributed by atoms with Gasteiger partial charge in [-0.15, -0.1) is 0 Å². The number of aromatic nitrogens is 4. The van der Waals surface area contributed by atoms with E-state index in [1.807, 2.05) is 35.7 Å². The monoisotopic (exact) mass is 394 g/mol. The van der Waals surface area contributed by atoms with E-state index < -0.39 is 0 Å². The van der Waals surface area contributed by atoms with E-state index in [-0.39, 0.29) is 17.5 Å². The van der Waals surface area contributed by atoms with Gasteiger partial charge in [-0.05, 0) is 44.5 Å². The number of nitrogens with one attached hydrogen (secondary N) is 1. The molecule has 3 aromatic rings. The minimum atomic E-state index is -0.104. The van der Waals surface area contributed by atoms with Gasteiger partial charge in [0.25, 0.3) is 11.5 Å². The van der Waals surface area contributed by atoms with Gasteiger partial charge < -0.3 is 5.32 Å². The topological polar surface area (TPSA) is 84.5 Å². The molecule has 1 amide bonds. The number of aryl methyl sites for hydroxylation is 1. The van der Waals surface area contributed by atoms with Gasteiger partial charge in [0, 0.05) is 37.6 Å². The Morgan fingerprint density at radius 3 is 2.97 bits per heavy atom. The molecule has 0 radical (unpaired) electrons. The third-order valence-corrected chi connectivity index (χ3v) is 5.55. The minimum absolute atomic E-state index is 0.0857. The van der Waals surface area contributed by atoms with Crippen LogP contribution in [0.15, 0.2) is 47.5 Å². The first kappa shape index (κ1) is 19.3. The summed E-state index contributed by atoms with van der Waals surface area (Å²) in [6.07, 6.45) is 6.81. The van der Waals surface area contributed by atoms with Crippen LogP contribution in [0.2, 0.25) is 0 Å². The molecule has 1 N–H and O–H groups in total. The second-order valence-corrected chi connectivity index (χ2v) is 7.46. The molecule has 29 heavy (non-hydrogen) atoms. The van der Waals surface area contributed by atoms with Crippen molar-refractivity contribution in [1.82, 2.24) is 29.4 Å². The number of rotatable bonds is 6. The second-order valence-electron chi connectivity index (χ2n) is 7.46. The molecule has 8 nitrogen and oxygen atoms in total. The molecule has 3 aromatic heterocycles. The third kappa shape index (κ3) is 4.22. The number of nitrogens with zero attached hydrogens (tertiary/aromatic N) is 5. The molecule has 1 fully saturated rings. The van der Waals surface area contributed by atoms with Gasteiger partial charge in [0.1, 0.15) is 11.3 Å². The Balaban J connectivity index is 1.40.